The van der Waals surface area contributed by atoms with Crippen LogP contribution in [-0.2, 0) is 0 Å². The maximum atomic E-state index is 8.87. The minimum Gasteiger partial charge on any atom is -0.396 e. The quantitative estimate of drug-likeness (QED) is 0.694. The first-order valence-electron chi connectivity index (χ1n) is 5.93. The van der Waals surface area contributed by atoms with Crippen molar-refractivity contribution in [2.75, 3.05) is 6.61 Å². The van der Waals surface area contributed by atoms with Gasteiger partial charge in [-0.2, -0.15) is 0 Å². The van der Waals surface area contributed by atoms with Crippen LogP contribution in [0.2, 0.25) is 0 Å². The van der Waals surface area contributed by atoms with E-state index in [1.807, 2.05) is 0 Å². The molecule has 13 heavy (non-hydrogen) atoms. The van der Waals surface area contributed by atoms with E-state index < -0.39 is 0 Å². The van der Waals surface area contributed by atoms with Gasteiger partial charge in [0.15, 0.2) is 0 Å². The highest BCUT2D eigenvalue weighted by molar-refractivity contribution is 4.66. The molecule has 1 atom stereocenters. The van der Waals surface area contributed by atoms with Crippen molar-refractivity contribution in [2.24, 2.45) is 11.8 Å². The van der Waals surface area contributed by atoms with Crippen LogP contribution >= 0.6 is 0 Å². The summed E-state index contributed by atoms with van der Waals surface area (Å²) >= 11 is 0. The number of hydrogen-bond acceptors (Lipinski definition) is 1. The highest BCUT2D eigenvalue weighted by Crippen LogP contribution is 2.28. The molecule has 0 radical (unpaired) electrons. The summed E-state index contributed by atoms with van der Waals surface area (Å²) in [6, 6.07) is 0. The molecule has 0 aromatic heterocycles. The van der Waals surface area contributed by atoms with Gasteiger partial charge in [-0.3, -0.25) is 0 Å². The van der Waals surface area contributed by atoms with Crippen LogP contribution in [0.5, 0.6) is 0 Å². The second-order valence-electron chi connectivity index (χ2n) is 4.72. The molecular formula is C12H24O. The molecule has 0 aromatic rings. The third-order valence-corrected chi connectivity index (χ3v) is 3.35. The first kappa shape index (κ1) is 11.0. The van der Waals surface area contributed by atoms with Gasteiger partial charge in [-0.1, -0.05) is 51.9 Å². The summed E-state index contributed by atoms with van der Waals surface area (Å²) in [5.41, 5.74) is 0. The maximum Gasteiger partial charge on any atom is 0.0456 e. The third kappa shape index (κ3) is 4.66. The zero-order valence-electron chi connectivity index (χ0n) is 8.97. The Morgan fingerprint density at radius 2 is 1.92 bits per heavy atom. The summed E-state index contributed by atoms with van der Waals surface area (Å²) in [5.74, 6) is 1.53. The average Bonchev–Trinajstić information content (AvgIpc) is 2.19. The van der Waals surface area contributed by atoms with Crippen LogP contribution < -0.4 is 0 Å². The van der Waals surface area contributed by atoms with Gasteiger partial charge in [-0.05, 0) is 18.3 Å². The summed E-state index contributed by atoms with van der Waals surface area (Å²) in [5, 5.41) is 8.87. The minimum absolute atomic E-state index is 0.366. The third-order valence-electron chi connectivity index (χ3n) is 3.35. The van der Waals surface area contributed by atoms with E-state index in [0.717, 1.165) is 5.92 Å². The standard InChI is InChI=1S/C12H24O/c1-11(10-13)6-5-9-12-7-3-2-4-8-12/h11-13H,2-10H2,1H3/t11-/m1/s1. The van der Waals surface area contributed by atoms with Crippen LogP contribution in [0, 0.1) is 11.8 Å². The molecule has 1 nitrogen and oxygen atoms in total. The van der Waals surface area contributed by atoms with Crippen LogP contribution in [0.15, 0.2) is 0 Å². The number of hydrogen-bond donors (Lipinski definition) is 1. The molecular weight excluding hydrogens is 160 g/mol. The number of aliphatic hydroxyl groups excluding tert-OH is 1. The monoisotopic (exact) mass is 184 g/mol. The molecule has 0 saturated heterocycles. The van der Waals surface area contributed by atoms with Gasteiger partial charge >= 0.3 is 0 Å². The van der Waals surface area contributed by atoms with Gasteiger partial charge in [0.05, 0.1) is 0 Å². The predicted octanol–water partition coefficient (Wildman–Crippen LogP) is 3.37. The van der Waals surface area contributed by atoms with Crippen molar-refractivity contribution >= 4 is 0 Å². The molecule has 1 rings (SSSR count). The molecule has 1 aliphatic rings. The highest BCUT2D eigenvalue weighted by atomic mass is 16.3. The van der Waals surface area contributed by atoms with E-state index in [4.69, 9.17) is 5.11 Å². The Morgan fingerprint density at radius 1 is 1.23 bits per heavy atom. The predicted molar refractivity (Wildman–Crippen MR) is 56.7 cm³/mol. The fraction of sp³-hybridized carbons (Fsp3) is 1.00. The number of rotatable bonds is 5. The van der Waals surface area contributed by atoms with E-state index in [1.165, 1.54) is 51.4 Å². The molecule has 0 unspecified atom stereocenters. The Hall–Kier alpha value is -0.0400. The minimum atomic E-state index is 0.366. The molecule has 78 valence electrons. The second kappa shape index (κ2) is 6.42. The van der Waals surface area contributed by atoms with Crippen LogP contribution in [0.25, 0.3) is 0 Å². The molecule has 1 fully saturated rings. The van der Waals surface area contributed by atoms with Gasteiger partial charge in [0.25, 0.3) is 0 Å². The van der Waals surface area contributed by atoms with Crippen molar-refractivity contribution in [1.82, 2.24) is 0 Å². The van der Waals surface area contributed by atoms with Gasteiger partial charge in [0, 0.05) is 6.61 Å². The van der Waals surface area contributed by atoms with Crippen molar-refractivity contribution in [1.29, 1.82) is 0 Å². The fourth-order valence-electron chi connectivity index (χ4n) is 2.32. The topological polar surface area (TPSA) is 20.2 Å². The molecule has 0 spiro atoms. The Balaban J connectivity index is 1.98. The SMILES string of the molecule is C[C@@H](CO)CCCC1CCCCC1. The lowest BCUT2D eigenvalue weighted by atomic mass is 9.85. The first-order chi connectivity index (χ1) is 6.33. The summed E-state index contributed by atoms with van der Waals surface area (Å²) < 4.78 is 0. The van der Waals surface area contributed by atoms with Crippen molar-refractivity contribution < 1.29 is 5.11 Å². The zero-order valence-corrected chi connectivity index (χ0v) is 8.97. The van der Waals surface area contributed by atoms with E-state index in [9.17, 15) is 0 Å². The van der Waals surface area contributed by atoms with Gasteiger partial charge in [0.2, 0.25) is 0 Å². The highest BCUT2D eigenvalue weighted by Gasteiger charge is 2.13. The van der Waals surface area contributed by atoms with E-state index in [2.05, 4.69) is 6.92 Å². The lowest BCUT2D eigenvalue weighted by Gasteiger charge is -2.21. The van der Waals surface area contributed by atoms with Crippen LogP contribution in [0.4, 0.5) is 0 Å². The molecule has 0 bridgehead atoms. The van der Waals surface area contributed by atoms with Gasteiger partial charge in [-0.15, -0.1) is 0 Å². The molecule has 0 heterocycles. The smallest absolute Gasteiger partial charge is 0.0456 e. The van der Waals surface area contributed by atoms with Gasteiger partial charge in [-0.25, -0.2) is 0 Å². The average molecular weight is 184 g/mol. The van der Waals surface area contributed by atoms with E-state index in [0.29, 0.717) is 12.5 Å². The van der Waals surface area contributed by atoms with E-state index in [1.54, 1.807) is 0 Å². The molecule has 0 aromatic carbocycles. The summed E-state index contributed by atoms with van der Waals surface area (Å²) in [6.45, 7) is 2.51. The molecule has 0 aliphatic heterocycles. The summed E-state index contributed by atoms with van der Waals surface area (Å²) in [4.78, 5) is 0. The van der Waals surface area contributed by atoms with E-state index in [-0.39, 0.29) is 0 Å². The van der Waals surface area contributed by atoms with Crippen molar-refractivity contribution in [3.05, 3.63) is 0 Å². The zero-order chi connectivity index (χ0) is 9.52. The molecule has 1 aliphatic carbocycles. The Kier molecular flexibility index (Phi) is 5.45. The second-order valence-corrected chi connectivity index (χ2v) is 4.72. The van der Waals surface area contributed by atoms with Crippen LogP contribution in [-0.4, -0.2) is 11.7 Å². The Morgan fingerprint density at radius 3 is 2.54 bits per heavy atom. The maximum absolute atomic E-state index is 8.87. The van der Waals surface area contributed by atoms with Crippen LogP contribution in [0.3, 0.4) is 0 Å². The summed E-state index contributed by atoms with van der Waals surface area (Å²) in [6.07, 6.45) is 11.3. The first-order valence-corrected chi connectivity index (χ1v) is 5.93. The van der Waals surface area contributed by atoms with Crippen molar-refractivity contribution in [3.63, 3.8) is 0 Å². The molecule has 1 N–H and O–H groups in total. The van der Waals surface area contributed by atoms with Gasteiger partial charge in [0.1, 0.15) is 0 Å². The Bertz CT molecular complexity index is 116. The fourth-order valence-corrected chi connectivity index (χ4v) is 2.32. The number of aliphatic hydroxyl groups is 1. The molecule has 0 amide bonds. The normalized spacial score (nSPS) is 21.7. The van der Waals surface area contributed by atoms with E-state index >= 15 is 0 Å². The van der Waals surface area contributed by atoms with Crippen LogP contribution in [0.1, 0.15) is 58.3 Å². The lowest BCUT2D eigenvalue weighted by Crippen LogP contribution is -2.07. The van der Waals surface area contributed by atoms with Crippen molar-refractivity contribution in [3.8, 4) is 0 Å². The molecule has 1 saturated carbocycles. The lowest BCUT2D eigenvalue weighted by molar-refractivity contribution is 0.222. The summed E-state index contributed by atoms with van der Waals surface area (Å²) in [7, 11) is 0. The largest absolute Gasteiger partial charge is 0.396 e. The van der Waals surface area contributed by atoms with Crippen molar-refractivity contribution in [2.45, 2.75) is 58.3 Å². The van der Waals surface area contributed by atoms with Gasteiger partial charge < -0.3 is 5.11 Å². The Labute approximate surface area is 82.5 Å². The molecule has 1 heteroatoms.